The minimum atomic E-state index is -0.0933. The lowest BCUT2D eigenvalue weighted by Crippen LogP contribution is -2.22. The summed E-state index contributed by atoms with van der Waals surface area (Å²) in [7, 11) is 0. The minimum absolute atomic E-state index is 0.0933. The summed E-state index contributed by atoms with van der Waals surface area (Å²) in [6.45, 7) is 3.26. The molecule has 1 heterocycles. The molecule has 0 spiro atoms. The summed E-state index contributed by atoms with van der Waals surface area (Å²) in [5.41, 5.74) is 2.69. The zero-order chi connectivity index (χ0) is 15.4. The third-order valence-corrected chi connectivity index (χ3v) is 3.41. The number of para-hydroxylation sites is 1. The van der Waals surface area contributed by atoms with Crippen LogP contribution < -0.4 is 20.1 Å². The standard InChI is InChI=1S/C17H18N2O3/c1-12-4-2-3-5-14(12)19-17(20)11-18-13-6-7-15-16(10-13)22-9-8-21-15/h2-7,10,18H,8-9,11H2,1H3,(H,19,20). The van der Waals surface area contributed by atoms with Crippen LogP contribution in [0.2, 0.25) is 0 Å². The molecule has 0 bridgehead atoms. The normalized spacial score (nSPS) is 12.6. The lowest BCUT2D eigenvalue weighted by Gasteiger charge is -2.19. The van der Waals surface area contributed by atoms with Crippen molar-refractivity contribution in [3.05, 3.63) is 48.0 Å². The molecule has 0 atom stereocenters. The molecule has 1 amide bonds. The van der Waals surface area contributed by atoms with E-state index in [1.54, 1.807) is 0 Å². The average Bonchev–Trinajstić information content (AvgIpc) is 2.55. The fraction of sp³-hybridized carbons (Fsp3) is 0.235. The molecule has 2 aromatic carbocycles. The largest absolute Gasteiger partial charge is 0.486 e. The summed E-state index contributed by atoms with van der Waals surface area (Å²) in [6, 6.07) is 13.2. The van der Waals surface area contributed by atoms with Gasteiger partial charge in [-0.25, -0.2) is 0 Å². The topological polar surface area (TPSA) is 59.6 Å². The van der Waals surface area contributed by atoms with Gasteiger partial charge in [-0.15, -0.1) is 0 Å². The zero-order valence-corrected chi connectivity index (χ0v) is 12.4. The summed E-state index contributed by atoms with van der Waals surface area (Å²) in [5.74, 6) is 1.35. The third-order valence-electron chi connectivity index (χ3n) is 3.41. The molecule has 0 aromatic heterocycles. The number of rotatable bonds is 4. The van der Waals surface area contributed by atoms with Crippen molar-refractivity contribution in [1.82, 2.24) is 0 Å². The summed E-state index contributed by atoms with van der Waals surface area (Å²) < 4.78 is 11.0. The Kier molecular flexibility index (Phi) is 4.14. The molecule has 0 saturated carbocycles. The molecule has 0 radical (unpaired) electrons. The highest BCUT2D eigenvalue weighted by atomic mass is 16.6. The van der Waals surface area contributed by atoms with E-state index in [-0.39, 0.29) is 12.5 Å². The molecule has 1 aliphatic heterocycles. The maximum atomic E-state index is 12.0. The van der Waals surface area contributed by atoms with Crippen molar-refractivity contribution < 1.29 is 14.3 Å². The van der Waals surface area contributed by atoms with Gasteiger partial charge in [0.1, 0.15) is 13.2 Å². The van der Waals surface area contributed by atoms with Gasteiger partial charge in [-0.1, -0.05) is 18.2 Å². The Morgan fingerprint density at radius 1 is 1.09 bits per heavy atom. The monoisotopic (exact) mass is 298 g/mol. The lowest BCUT2D eigenvalue weighted by atomic mass is 10.2. The number of aryl methyl sites for hydroxylation is 1. The van der Waals surface area contributed by atoms with Crippen LogP contribution in [0, 0.1) is 6.92 Å². The quantitative estimate of drug-likeness (QED) is 0.911. The number of nitrogens with one attached hydrogen (secondary N) is 2. The number of amides is 1. The van der Waals surface area contributed by atoms with Crippen LogP contribution in [0.15, 0.2) is 42.5 Å². The molecule has 0 aliphatic carbocycles. The van der Waals surface area contributed by atoms with E-state index in [4.69, 9.17) is 9.47 Å². The Morgan fingerprint density at radius 2 is 1.86 bits per heavy atom. The third kappa shape index (κ3) is 3.31. The molecule has 114 valence electrons. The van der Waals surface area contributed by atoms with E-state index in [0.717, 1.165) is 22.7 Å². The predicted octanol–water partition coefficient (Wildman–Crippen LogP) is 2.82. The molecule has 1 aliphatic rings. The number of anilines is 2. The van der Waals surface area contributed by atoms with E-state index in [1.807, 2.05) is 49.4 Å². The molecule has 0 unspecified atom stereocenters. The molecule has 5 heteroatoms. The van der Waals surface area contributed by atoms with Crippen LogP contribution in [0.25, 0.3) is 0 Å². The van der Waals surface area contributed by atoms with Crippen molar-refractivity contribution in [3.8, 4) is 11.5 Å². The SMILES string of the molecule is Cc1ccccc1NC(=O)CNc1ccc2c(c1)OCCO2. The van der Waals surface area contributed by atoms with Crippen molar-refractivity contribution >= 4 is 17.3 Å². The molecule has 5 nitrogen and oxygen atoms in total. The average molecular weight is 298 g/mol. The van der Waals surface area contributed by atoms with E-state index in [9.17, 15) is 4.79 Å². The maximum absolute atomic E-state index is 12.0. The number of carbonyl (C=O) groups is 1. The highest BCUT2D eigenvalue weighted by Gasteiger charge is 2.12. The second-order valence-electron chi connectivity index (χ2n) is 5.08. The van der Waals surface area contributed by atoms with Gasteiger partial charge in [0.05, 0.1) is 6.54 Å². The second kappa shape index (κ2) is 6.39. The first-order chi connectivity index (χ1) is 10.7. The van der Waals surface area contributed by atoms with Crippen molar-refractivity contribution in [1.29, 1.82) is 0 Å². The van der Waals surface area contributed by atoms with Crippen molar-refractivity contribution in [3.63, 3.8) is 0 Å². The Morgan fingerprint density at radius 3 is 2.68 bits per heavy atom. The van der Waals surface area contributed by atoms with Gasteiger partial charge in [-0.2, -0.15) is 0 Å². The van der Waals surface area contributed by atoms with Crippen LogP contribution in [0.5, 0.6) is 11.5 Å². The van der Waals surface area contributed by atoms with Gasteiger partial charge in [-0.05, 0) is 30.7 Å². The van der Waals surface area contributed by atoms with E-state index >= 15 is 0 Å². The van der Waals surface area contributed by atoms with Crippen LogP contribution >= 0.6 is 0 Å². The molecule has 0 saturated heterocycles. The predicted molar refractivity (Wildman–Crippen MR) is 85.7 cm³/mol. The van der Waals surface area contributed by atoms with Gasteiger partial charge < -0.3 is 20.1 Å². The highest BCUT2D eigenvalue weighted by Crippen LogP contribution is 2.32. The first-order valence-electron chi connectivity index (χ1n) is 7.21. The van der Waals surface area contributed by atoms with Crippen LogP contribution in [0.4, 0.5) is 11.4 Å². The van der Waals surface area contributed by atoms with Crippen LogP contribution in [0.1, 0.15) is 5.56 Å². The second-order valence-corrected chi connectivity index (χ2v) is 5.08. The highest BCUT2D eigenvalue weighted by molar-refractivity contribution is 5.94. The van der Waals surface area contributed by atoms with Crippen LogP contribution in [-0.4, -0.2) is 25.7 Å². The first kappa shape index (κ1) is 14.3. The number of benzene rings is 2. The Hall–Kier alpha value is -2.69. The molecule has 22 heavy (non-hydrogen) atoms. The Labute approximate surface area is 129 Å². The van der Waals surface area contributed by atoms with Gasteiger partial charge >= 0.3 is 0 Å². The van der Waals surface area contributed by atoms with Gasteiger partial charge in [0.15, 0.2) is 11.5 Å². The molecular weight excluding hydrogens is 280 g/mol. The minimum Gasteiger partial charge on any atom is -0.486 e. The van der Waals surface area contributed by atoms with Gasteiger partial charge in [0.2, 0.25) is 5.91 Å². The summed E-state index contributed by atoms with van der Waals surface area (Å²) in [5, 5.41) is 5.97. The lowest BCUT2D eigenvalue weighted by molar-refractivity contribution is -0.114. The summed E-state index contributed by atoms with van der Waals surface area (Å²) in [6.07, 6.45) is 0. The first-order valence-corrected chi connectivity index (χ1v) is 7.21. The molecule has 3 rings (SSSR count). The van der Waals surface area contributed by atoms with E-state index in [1.165, 1.54) is 0 Å². The van der Waals surface area contributed by atoms with Crippen molar-refractivity contribution in [2.45, 2.75) is 6.92 Å². The maximum Gasteiger partial charge on any atom is 0.243 e. The number of hydrogen-bond acceptors (Lipinski definition) is 4. The number of hydrogen-bond donors (Lipinski definition) is 2. The Bertz CT molecular complexity index is 685. The zero-order valence-electron chi connectivity index (χ0n) is 12.4. The van der Waals surface area contributed by atoms with E-state index in [0.29, 0.717) is 19.0 Å². The van der Waals surface area contributed by atoms with E-state index in [2.05, 4.69) is 10.6 Å². The fourth-order valence-corrected chi connectivity index (χ4v) is 2.24. The number of fused-ring (bicyclic) bond motifs is 1. The number of ether oxygens (including phenoxy) is 2. The molecule has 2 N–H and O–H groups in total. The molecular formula is C17H18N2O3. The van der Waals surface area contributed by atoms with Crippen LogP contribution in [0.3, 0.4) is 0 Å². The number of carbonyl (C=O) groups excluding carboxylic acids is 1. The van der Waals surface area contributed by atoms with Gasteiger partial charge in [-0.3, -0.25) is 4.79 Å². The van der Waals surface area contributed by atoms with Crippen LogP contribution in [-0.2, 0) is 4.79 Å². The fourth-order valence-electron chi connectivity index (χ4n) is 2.24. The van der Waals surface area contributed by atoms with Gasteiger partial charge in [0, 0.05) is 17.4 Å². The van der Waals surface area contributed by atoms with Crippen molar-refractivity contribution in [2.75, 3.05) is 30.4 Å². The summed E-state index contributed by atoms with van der Waals surface area (Å²) >= 11 is 0. The van der Waals surface area contributed by atoms with E-state index < -0.39 is 0 Å². The van der Waals surface area contributed by atoms with Crippen molar-refractivity contribution in [2.24, 2.45) is 0 Å². The molecule has 2 aromatic rings. The summed E-state index contributed by atoms with van der Waals surface area (Å²) in [4.78, 5) is 12.0. The van der Waals surface area contributed by atoms with Gasteiger partial charge in [0.25, 0.3) is 0 Å². The smallest absolute Gasteiger partial charge is 0.243 e. The Balaban J connectivity index is 1.58. The molecule has 0 fully saturated rings.